The Hall–Kier alpha value is -4.18. The zero-order valence-electron chi connectivity index (χ0n) is 37.4. The van der Waals surface area contributed by atoms with Crippen LogP contribution in [0.1, 0.15) is 107 Å². The number of benzene rings is 2. The lowest BCUT2D eigenvalue weighted by Crippen LogP contribution is -2.76. The number of rotatable bonds is 10. The molecular weight excluding hydrogens is 877 g/mol. The van der Waals surface area contributed by atoms with E-state index < -0.39 is 46.2 Å². The van der Waals surface area contributed by atoms with E-state index in [0.717, 1.165) is 78.7 Å². The van der Waals surface area contributed by atoms with Gasteiger partial charge in [0.25, 0.3) is 0 Å². The van der Waals surface area contributed by atoms with E-state index in [1.165, 1.54) is 48.4 Å². The summed E-state index contributed by atoms with van der Waals surface area (Å²) in [4.78, 5) is 61.5. The van der Waals surface area contributed by atoms with Crippen LogP contribution in [0.5, 0.6) is 23.0 Å². The van der Waals surface area contributed by atoms with Crippen molar-refractivity contribution in [2.24, 2.45) is 11.8 Å². The molecule has 4 aromatic rings. The monoisotopic (exact) mass is 930 g/mol. The van der Waals surface area contributed by atoms with Crippen molar-refractivity contribution in [1.29, 1.82) is 0 Å². The van der Waals surface area contributed by atoms with Gasteiger partial charge in [-0.15, -0.1) is 22.7 Å². The van der Waals surface area contributed by atoms with E-state index in [1.807, 2.05) is 26.0 Å². The first kappa shape index (κ1) is 40.8. The molecule has 2 N–H and O–H groups in total. The molecule has 6 aliphatic carbocycles. The van der Waals surface area contributed by atoms with Crippen LogP contribution in [0.2, 0.25) is 0 Å². The van der Waals surface area contributed by atoms with Crippen molar-refractivity contribution in [2.75, 3.05) is 26.2 Å². The van der Waals surface area contributed by atoms with Crippen molar-refractivity contribution < 1.29 is 48.3 Å². The maximum absolute atomic E-state index is 13.8. The highest BCUT2D eigenvalue weighted by atomic mass is 32.1. The van der Waals surface area contributed by atoms with Crippen LogP contribution in [0.3, 0.4) is 0 Å². The summed E-state index contributed by atoms with van der Waals surface area (Å²) in [5.74, 6) is 1.98. The van der Waals surface area contributed by atoms with Gasteiger partial charge in [0.2, 0.25) is 0 Å². The smallest absolute Gasteiger partial charge is 0.316 e. The second-order valence-electron chi connectivity index (χ2n) is 21.7. The molecule has 2 aromatic carbocycles. The van der Waals surface area contributed by atoms with E-state index >= 15 is 0 Å². The molecule has 2 saturated heterocycles. The Kier molecular flexibility index (Phi) is 8.51. The molecular formula is C52H54N2O10S2. The molecule has 4 bridgehead atoms. The van der Waals surface area contributed by atoms with Crippen LogP contribution in [-0.2, 0) is 55.7 Å². The van der Waals surface area contributed by atoms with Gasteiger partial charge in [0.1, 0.15) is 0 Å². The molecule has 10 aliphatic rings. The first-order valence-corrected chi connectivity index (χ1v) is 26.0. The van der Waals surface area contributed by atoms with E-state index in [9.17, 15) is 29.4 Å². The van der Waals surface area contributed by atoms with Crippen LogP contribution in [-0.4, -0.2) is 105 Å². The summed E-state index contributed by atoms with van der Waals surface area (Å²) in [5, 5.41) is 25.3. The topological polar surface area (TPSA) is 152 Å². The number of esters is 2. The van der Waals surface area contributed by atoms with Crippen LogP contribution >= 0.6 is 22.7 Å². The second kappa shape index (κ2) is 13.7. The average molecular weight is 931 g/mol. The number of hydrogen-bond acceptors (Lipinski definition) is 14. The number of aliphatic hydroxyl groups is 2. The molecule has 0 radical (unpaired) electrons. The Morgan fingerprint density at radius 1 is 0.667 bits per heavy atom. The Morgan fingerprint density at radius 3 is 1.50 bits per heavy atom. The van der Waals surface area contributed by atoms with E-state index in [2.05, 4.69) is 9.80 Å². The molecule has 14 heteroatoms. The number of nitrogens with zero attached hydrogens (tertiary/aromatic N) is 2. The molecule has 4 saturated carbocycles. The standard InChI is InChI=1S/C52H54N2O10S2/c1-25-35(21-39(57)61-33-9-7-29-19-37-51(59)13-11-31(55)47-49(51,41(29)43(33)63-47)15-17-53(37)23-27-3-4-27)65-46-26(2)36(66-45(25)46)22-40(58)62-34-10-8-30-20-38-52(60)14-12-32(56)48-50(52,42(30)44(34)64-48)16-18-54(38)24-28-5-6-28/h7-10,27-28,37-38,47-48,59-60H,3-6,11-24H2,1-2H3/t37-,38-,47+,48+,49+,50+,51-,52-/m1/s1. The van der Waals surface area contributed by atoms with Gasteiger partial charge in [0.15, 0.2) is 46.8 Å². The van der Waals surface area contributed by atoms with E-state index in [-0.39, 0.29) is 49.3 Å². The summed E-state index contributed by atoms with van der Waals surface area (Å²) in [6.07, 6.45) is 7.42. The summed E-state index contributed by atoms with van der Waals surface area (Å²) in [7, 11) is 0. The van der Waals surface area contributed by atoms with Crippen molar-refractivity contribution in [2.45, 2.75) is 150 Å². The number of hydrogen-bond donors (Lipinski definition) is 2. The van der Waals surface area contributed by atoms with Gasteiger partial charge in [0, 0.05) is 68.3 Å². The Morgan fingerprint density at radius 2 is 1.09 bits per heavy atom. The predicted molar refractivity (Wildman–Crippen MR) is 244 cm³/mol. The van der Waals surface area contributed by atoms with Crippen LogP contribution in [0.15, 0.2) is 24.3 Å². The molecule has 14 rings (SSSR count). The fourth-order valence-corrected chi connectivity index (χ4v) is 17.6. The minimum atomic E-state index is -1.09. The molecule has 344 valence electrons. The van der Waals surface area contributed by atoms with Gasteiger partial charge in [-0.25, -0.2) is 0 Å². The number of thiophene rings is 2. The van der Waals surface area contributed by atoms with Crippen LogP contribution in [0.4, 0.5) is 0 Å². The maximum Gasteiger partial charge on any atom is 0.316 e. The van der Waals surface area contributed by atoms with Gasteiger partial charge in [-0.05, 0) is 137 Å². The minimum absolute atomic E-state index is 0.00478. The Labute approximate surface area is 390 Å². The maximum atomic E-state index is 13.8. The van der Waals surface area contributed by atoms with Gasteiger partial charge < -0.3 is 29.2 Å². The van der Waals surface area contributed by atoms with Crippen LogP contribution in [0, 0.1) is 25.7 Å². The largest absolute Gasteiger partial charge is 0.477 e. The van der Waals surface area contributed by atoms with Gasteiger partial charge in [-0.3, -0.25) is 29.0 Å². The molecule has 0 unspecified atom stereocenters. The van der Waals surface area contributed by atoms with Crippen molar-refractivity contribution >= 4 is 55.6 Å². The van der Waals surface area contributed by atoms with Gasteiger partial charge >= 0.3 is 11.9 Å². The number of ketones is 2. The van der Waals surface area contributed by atoms with Gasteiger partial charge in [0.05, 0.1) is 34.9 Å². The van der Waals surface area contributed by atoms with Gasteiger partial charge in [-0.2, -0.15) is 0 Å². The zero-order valence-corrected chi connectivity index (χ0v) is 39.0. The Bertz CT molecular complexity index is 2690. The number of fused-ring (bicyclic) bond motifs is 1. The quantitative estimate of drug-likeness (QED) is 0.139. The number of carbonyl (C=O) groups is 4. The van der Waals surface area contributed by atoms with Crippen molar-refractivity contribution in [3.05, 3.63) is 67.4 Å². The molecule has 8 atom stereocenters. The number of piperidine rings is 2. The predicted octanol–water partition coefficient (Wildman–Crippen LogP) is 6.14. The summed E-state index contributed by atoms with van der Waals surface area (Å²) in [6.45, 7) is 7.57. The normalized spacial score (nSPS) is 34.5. The highest BCUT2D eigenvalue weighted by Gasteiger charge is 2.75. The van der Waals surface area contributed by atoms with Gasteiger partial charge in [-0.1, -0.05) is 12.1 Å². The summed E-state index contributed by atoms with van der Waals surface area (Å²) < 4.78 is 27.4. The highest BCUT2D eigenvalue weighted by Crippen LogP contribution is 2.67. The molecule has 66 heavy (non-hydrogen) atoms. The summed E-state index contributed by atoms with van der Waals surface area (Å²) in [6, 6.07) is 7.47. The molecule has 2 aromatic heterocycles. The number of carbonyl (C=O) groups excluding carboxylic acids is 4. The van der Waals surface area contributed by atoms with E-state index in [1.54, 1.807) is 12.1 Å². The second-order valence-corrected chi connectivity index (χ2v) is 23.9. The third kappa shape index (κ3) is 5.29. The third-order valence-electron chi connectivity index (χ3n) is 18.3. The van der Waals surface area contributed by atoms with Crippen LogP contribution < -0.4 is 18.9 Å². The molecule has 6 heterocycles. The zero-order chi connectivity index (χ0) is 44.8. The average Bonchev–Trinajstić information content (AvgIpc) is 4.17. The van der Waals surface area contributed by atoms with Crippen molar-refractivity contribution in [1.82, 2.24) is 9.80 Å². The molecule has 6 fully saturated rings. The Balaban J connectivity index is 0.696. The van der Waals surface area contributed by atoms with E-state index in [0.29, 0.717) is 73.4 Å². The molecule has 12 nitrogen and oxygen atoms in total. The fraction of sp³-hybridized carbons (Fsp3) is 0.577. The summed E-state index contributed by atoms with van der Waals surface area (Å²) in [5.41, 5.74) is 1.93. The molecule has 4 aliphatic heterocycles. The lowest BCUT2D eigenvalue weighted by molar-refractivity contribution is -0.188. The SMILES string of the molecule is Cc1c(CC(=O)Oc2ccc3c4c2O[C@H]2C(=O)CC[C@@]5(O)[C@@H](C3)N(CC3CC3)CC[C@]425)sc2c(C)c(CC(=O)Oc3ccc4c5c3O[C@H]3C(=O)CC[C@@]6(O)[C@@H](C4)N(CC4CC4)CC[C@]536)sc12. The number of ether oxygens (including phenoxy) is 4. The lowest BCUT2D eigenvalue weighted by atomic mass is 9.49. The first-order valence-electron chi connectivity index (χ1n) is 24.4. The summed E-state index contributed by atoms with van der Waals surface area (Å²) >= 11 is 3.06. The molecule has 0 amide bonds. The number of likely N-dealkylation sites (tertiary alicyclic amines) is 2. The number of aryl methyl sites for hydroxylation is 2. The van der Waals surface area contributed by atoms with Crippen molar-refractivity contribution in [3.63, 3.8) is 0 Å². The first-order chi connectivity index (χ1) is 31.8. The highest BCUT2D eigenvalue weighted by molar-refractivity contribution is 7.28. The molecule has 2 spiro atoms. The minimum Gasteiger partial charge on any atom is -0.477 e. The fourth-order valence-electron chi connectivity index (χ4n) is 14.8. The lowest BCUT2D eigenvalue weighted by Gasteiger charge is -2.62. The van der Waals surface area contributed by atoms with Crippen molar-refractivity contribution in [3.8, 4) is 23.0 Å². The number of Topliss-reactive ketones (excluding diaryl/α,β-unsaturated/α-hetero) is 2. The third-order valence-corrected chi connectivity index (χ3v) is 21.3. The van der Waals surface area contributed by atoms with E-state index in [4.69, 9.17) is 18.9 Å². The van der Waals surface area contributed by atoms with Crippen LogP contribution in [0.25, 0.3) is 9.40 Å².